The number of nitrogens with one attached hydrogen (secondary N) is 2. The number of hydrogen-bond acceptors (Lipinski definition) is 4. The second-order valence-corrected chi connectivity index (χ2v) is 3.00. The SMILES string of the molecule is C=C(NNC(=O)OCC)c1ccc(O)cc1. The predicted octanol–water partition coefficient (Wildman–Crippen LogP) is 1.61. The highest BCUT2D eigenvalue weighted by atomic mass is 16.5. The number of hydrogen-bond donors (Lipinski definition) is 3. The van der Waals surface area contributed by atoms with Gasteiger partial charge in [-0.25, -0.2) is 10.2 Å². The highest BCUT2D eigenvalue weighted by molar-refractivity contribution is 5.70. The Morgan fingerprint density at radius 3 is 2.56 bits per heavy atom. The van der Waals surface area contributed by atoms with E-state index < -0.39 is 6.09 Å². The number of phenolic OH excluding ortho intramolecular Hbond substituents is 1. The van der Waals surface area contributed by atoms with E-state index in [1.165, 1.54) is 12.1 Å². The monoisotopic (exact) mass is 222 g/mol. The Balaban J connectivity index is 2.47. The molecule has 1 aromatic carbocycles. The van der Waals surface area contributed by atoms with Crippen molar-refractivity contribution in [3.05, 3.63) is 36.4 Å². The lowest BCUT2D eigenvalue weighted by molar-refractivity contribution is 0.149. The Hall–Kier alpha value is -2.17. The first kappa shape index (κ1) is 11.9. The summed E-state index contributed by atoms with van der Waals surface area (Å²) in [5.74, 6) is 0.176. The summed E-state index contributed by atoms with van der Waals surface area (Å²) in [7, 11) is 0. The normalized spacial score (nSPS) is 9.31. The molecule has 0 aromatic heterocycles. The Kier molecular flexibility index (Phi) is 4.20. The van der Waals surface area contributed by atoms with Gasteiger partial charge in [0.05, 0.1) is 12.3 Å². The van der Waals surface area contributed by atoms with Crippen LogP contribution in [0.25, 0.3) is 5.70 Å². The molecule has 0 saturated heterocycles. The first-order valence-corrected chi connectivity index (χ1v) is 4.80. The summed E-state index contributed by atoms with van der Waals surface area (Å²) >= 11 is 0. The number of phenols is 1. The molecule has 0 aliphatic carbocycles. The Labute approximate surface area is 93.7 Å². The van der Waals surface area contributed by atoms with Gasteiger partial charge < -0.3 is 9.84 Å². The zero-order valence-corrected chi connectivity index (χ0v) is 8.99. The molecular formula is C11H14N2O3. The summed E-state index contributed by atoms with van der Waals surface area (Å²) < 4.78 is 4.65. The highest BCUT2D eigenvalue weighted by Crippen LogP contribution is 2.13. The van der Waals surface area contributed by atoms with Crippen LogP contribution in [0.4, 0.5) is 4.79 Å². The fourth-order valence-electron chi connectivity index (χ4n) is 1.03. The maximum Gasteiger partial charge on any atom is 0.425 e. The Morgan fingerprint density at radius 2 is 2.00 bits per heavy atom. The summed E-state index contributed by atoms with van der Waals surface area (Å²) in [6.45, 7) is 5.75. The lowest BCUT2D eigenvalue weighted by Crippen LogP contribution is -2.36. The smallest absolute Gasteiger partial charge is 0.425 e. The van der Waals surface area contributed by atoms with E-state index in [1.807, 2.05) is 0 Å². The number of amides is 1. The fourth-order valence-corrected chi connectivity index (χ4v) is 1.03. The standard InChI is InChI=1S/C11H14N2O3/c1-3-16-11(15)13-12-8(2)9-4-6-10(14)7-5-9/h4-7,12,14H,2-3H2,1H3,(H,13,15). The van der Waals surface area contributed by atoms with Crippen molar-refractivity contribution in [3.8, 4) is 5.75 Å². The van der Waals surface area contributed by atoms with Crippen molar-refractivity contribution in [2.45, 2.75) is 6.92 Å². The summed E-state index contributed by atoms with van der Waals surface area (Å²) in [6, 6.07) is 6.42. The van der Waals surface area contributed by atoms with E-state index in [9.17, 15) is 4.79 Å². The van der Waals surface area contributed by atoms with E-state index in [2.05, 4.69) is 22.2 Å². The molecule has 86 valence electrons. The van der Waals surface area contributed by atoms with Crippen molar-refractivity contribution in [3.63, 3.8) is 0 Å². The lowest BCUT2D eigenvalue weighted by atomic mass is 10.2. The van der Waals surface area contributed by atoms with Crippen LogP contribution >= 0.6 is 0 Å². The molecule has 0 aliphatic rings. The number of hydrazine groups is 1. The van der Waals surface area contributed by atoms with E-state index in [0.29, 0.717) is 12.3 Å². The van der Waals surface area contributed by atoms with Gasteiger partial charge in [-0.05, 0) is 36.8 Å². The zero-order valence-electron chi connectivity index (χ0n) is 8.99. The molecule has 5 nitrogen and oxygen atoms in total. The highest BCUT2D eigenvalue weighted by Gasteiger charge is 2.01. The van der Waals surface area contributed by atoms with Gasteiger partial charge in [0.1, 0.15) is 5.75 Å². The molecule has 1 amide bonds. The van der Waals surface area contributed by atoms with Crippen molar-refractivity contribution in [1.82, 2.24) is 10.9 Å². The van der Waals surface area contributed by atoms with Gasteiger partial charge in [-0.2, -0.15) is 0 Å². The molecule has 16 heavy (non-hydrogen) atoms. The molecule has 0 bridgehead atoms. The minimum absolute atomic E-state index is 0.176. The van der Waals surface area contributed by atoms with Crippen molar-refractivity contribution in [2.24, 2.45) is 0 Å². The number of aromatic hydroxyl groups is 1. The molecule has 3 N–H and O–H groups in total. The summed E-state index contributed by atoms with van der Waals surface area (Å²) in [5, 5.41) is 9.09. The van der Waals surface area contributed by atoms with Gasteiger partial charge in [0.15, 0.2) is 0 Å². The second-order valence-electron chi connectivity index (χ2n) is 3.00. The van der Waals surface area contributed by atoms with Gasteiger partial charge in [0.25, 0.3) is 0 Å². The fraction of sp³-hybridized carbons (Fsp3) is 0.182. The van der Waals surface area contributed by atoms with Crippen LogP contribution in [-0.4, -0.2) is 17.8 Å². The van der Waals surface area contributed by atoms with Crippen molar-refractivity contribution < 1.29 is 14.6 Å². The van der Waals surface area contributed by atoms with Crippen molar-refractivity contribution in [2.75, 3.05) is 6.61 Å². The van der Waals surface area contributed by atoms with Gasteiger partial charge in [-0.15, -0.1) is 0 Å². The van der Waals surface area contributed by atoms with Crippen LogP contribution < -0.4 is 10.9 Å². The largest absolute Gasteiger partial charge is 0.508 e. The summed E-state index contributed by atoms with van der Waals surface area (Å²) in [4.78, 5) is 11.0. The van der Waals surface area contributed by atoms with Crippen LogP contribution in [0, 0.1) is 0 Å². The van der Waals surface area contributed by atoms with Crippen LogP contribution in [0.3, 0.4) is 0 Å². The Morgan fingerprint density at radius 1 is 1.38 bits per heavy atom. The van der Waals surface area contributed by atoms with Crippen molar-refractivity contribution in [1.29, 1.82) is 0 Å². The molecule has 0 saturated carbocycles. The molecule has 0 atom stereocenters. The van der Waals surface area contributed by atoms with E-state index in [1.54, 1.807) is 19.1 Å². The van der Waals surface area contributed by atoms with Crippen LogP contribution in [0.5, 0.6) is 5.75 Å². The number of carbonyl (C=O) groups is 1. The number of benzene rings is 1. The molecule has 1 aromatic rings. The topological polar surface area (TPSA) is 70.6 Å². The first-order chi connectivity index (χ1) is 7.63. The quantitative estimate of drug-likeness (QED) is 0.677. The van der Waals surface area contributed by atoms with Crippen LogP contribution in [0.2, 0.25) is 0 Å². The molecule has 0 radical (unpaired) electrons. The molecule has 0 fully saturated rings. The van der Waals surface area contributed by atoms with Crippen LogP contribution in [0.15, 0.2) is 30.8 Å². The second kappa shape index (κ2) is 5.65. The Bertz CT molecular complexity index is 373. The van der Waals surface area contributed by atoms with Gasteiger partial charge in [-0.1, -0.05) is 6.58 Å². The van der Waals surface area contributed by atoms with Gasteiger partial charge >= 0.3 is 6.09 Å². The van der Waals surface area contributed by atoms with E-state index in [0.717, 1.165) is 5.56 Å². The third-order valence-electron chi connectivity index (χ3n) is 1.81. The number of carbonyl (C=O) groups excluding carboxylic acids is 1. The number of rotatable bonds is 4. The minimum Gasteiger partial charge on any atom is -0.508 e. The zero-order chi connectivity index (χ0) is 12.0. The summed E-state index contributed by atoms with van der Waals surface area (Å²) in [6.07, 6.45) is -0.567. The number of ether oxygens (including phenoxy) is 1. The van der Waals surface area contributed by atoms with Crippen molar-refractivity contribution >= 4 is 11.8 Å². The average Bonchev–Trinajstić information content (AvgIpc) is 2.27. The minimum atomic E-state index is -0.567. The van der Waals surface area contributed by atoms with E-state index in [-0.39, 0.29) is 5.75 Å². The van der Waals surface area contributed by atoms with Gasteiger partial charge in [0, 0.05) is 0 Å². The van der Waals surface area contributed by atoms with Gasteiger partial charge in [0.2, 0.25) is 0 Å². The third kappa shape index (κ3) is 3.53. The molecule has 0 spiro atoms. The molecule has 0 heterocycles. The molecular weight excluding hydrogens is 208 g/mol. The maximum atomic E-state index is 11.0. The molecule has 0 aliphatic heterocycles. The summed E-state index contributed by atoms with van der Waals surface area (Å²) in [5.41, 5.74) is 6.19. The van der Waals surface area contributed by atoms with Crippen LogP contribution in [0.1, 0.15) is 12.5 Å². The van der Waals surface area contributed by atoms with Crippen LogP contribution in [-0.2, 0) is 4.74 Å². The van der Waals surface area contributed by atoms with E-state index >= 15 is 0 Å². The first-order valence-electron chi connectivity index (χ1n) is 4.80. The molecule has 1 rings (SSSR count). The van der Waals surface area contributed by atoms with Gasteiger partial charge in [-0.3, -0.25) is 5.43 Å². The predicted molar refractivity (Wildman–Crippen MR) is 60.4 cm³/mol. The molecule has 5 heteroatoms. The maximum absolute atomic E-state index is 11.0. The third-order valence-corrected chi connectivity index (χ3v) is 1.81. The molecule has 0 unspecified atom stereocenters. The van der Waals surface area contributed by atoms with E-state index in [4.69, 9.17) is 5.11 Å². The lowest BCUT2D eigenvalue weighted by Gasteiger charge is -2.10. The average molecular weight is 222 g/mol.